The van der Waals surface area contributed by atoms with Crippen molar-refractivity contribution in [2.75, 3.05) is 0 Å². The first-order chi connectivity index (χ1) is 5.90. The first-order valence-corrected chi connectivity index (χ1v) is 4.81. The average molecular weight is 165 g/mol. The van der Waals surface area contributed by atoms with Gasteiger partial charge in [0.1, 0.15) is 0 Å². The smallest absolute Gasteiger partial charge is 0.0827 e. The molecule has 0 unspecified atom stereocenters. The Hall–Kier alpha value is -0.860. The van der Waals surface area contributed by atoms with Gasteiger partial charge in [-0.1, -0.05) is 18.6 Å². The van der Waals surface area contributed by atoms with Crippen molar-refractivity contribution < 1.29 is 0 Å². The minimum Gasteiger partial charge on any atom is -0.249 e. The molecule has 0 aliphatic heterocycles. The molecular weight excluding hydrogens is 150 g/mol. The Bertz CT molecular complexity index is 250. The van der Waals surface area contributed by atoms with E-state index >= 15 is 0 Å². The number of rotatable bonds is 3. The van der Waals surface area contributed by atoms with Gasteiger partial charge in [-0.3, -0.25) is 0 Å². The Morgan fingerprint density at radius 1 is 1.58 bits per heavy atom. The van der Waals surface area contributed by atoms with Gasteiger partial charge >= 0.3 is 0 Å². The van der Waals surface area contributed by atoms with E-state index in [1.165, 1.54) is 19.3 Å². The molecule has 1 aliphatic rings. The molecule has 1 fully saturated rings. The van der Waals surface area contributed by atoms with E-state index in [9.17, 15) is 0 Å². The molecule has 3 heteroatoms. The topological polar surface area (TPSA) is 30.7 Å². The molecule has 0 radical (unpaired) electrons. The predicted molar refractivity (Wildman–Crippen MR) is 46.9 cm³/mol. The maximum atomic E-state index is 4.12. The van der Waals surface area contributed by atoms with Crippen molar-refractivity contribution in [3.63, 3.8) is 0 Å². The van der Waals surface area contributed by atoms with Crippen LogP contribution in [0.15, 0.2) is 6.20 Å². The summed E-state index contributed by atoms with van der Waals surface area (Å²) in [6, 6.07) is 0.656. The molecular formula is C9H15N3. The van der Waals surface area contributed by atoms with Crippen molar-refractivity contribution in [1.29, 1.82) is 0 Å². The molecule has 1 aliphatic carbocycles. The third-order valence-electron chi connectivity index (χ3n) is 2.51. The fourth-order valence-corrected chi connectivity index (χ4v) is 1.51. The lowest BCUT2D eigenvalue weighted by molar-refractivity contribution is 0.284. The highest BCUT2D eigenvalue weighted by molar-refractivity contribution is 4.94. The van der Waals surface area contributed by atoms with E-state index in [4.69, 9.17) is 0 Å². The first-order valence-electron chi connectivity index (χ1n) is 4.81. The van der Waals surface area contributed by atoms with E-state index in [0.29, 0.717) is 6.04 Å². The standard InChI is InChI=1S/C9H15N3/c1-2-4-8-7-12(11-10-8)9-5-3-6-9/h7,9H,2-6H2,1H3. The van der Waals surface area contributed by atoms with Crippen molar-refractivity contribution >= 4 is 0 Å². The molecule has 1 aromatic rings. The van der Waals surface area contributed by atoms with Gasteiger partial charge in [0.15, 0.2) is 0 Å². The fourth-order valence-electron chi connectivity index (χ4n) is 1.51. The van der Waals surface area contributed by atoms with Gasteiger partial charge in [0.2, 0.25) is 0 Å². The molecule has 12 heavy (non-hydrogen) atoms. The lowest BCUT2D eigenvalue weighted by Crippen LogP contribution is -2.17. The highest BCUT2D eigenvalue weighted by Crippen LogP contribution is 2.30. The van der Waals surface area contributed by atoms with E-state index in [1.54, 1.807) is 0 Å². The first kappa shape index (κ1) is 7.77. The molecule has 1 saturated carbocycles. The Labute approximate surface area is 72.8 Å². The monoisotopic (exact) mass is 165 g/mol. The Morgan fingerprint density at radius 3 is 3.00 bits per heavy atom. The van der Waals surface area contributed by atoms with Gasteiger partial charge in [-0.05, 0) is 25.7 Å². The molecule has 0 bridgehead atoms. The van der Waals surface area contributed by atoms with E-state index < -0.39 is 0 Å². The van der Waals surface area contributed by atoms with Gasteiger partial charge in [0.25, 0.3) is 0 Å². The van der Waals surface area contributed by atoms with Crippen LogP contribution in [-0.2, 0) is 6.42 Å². The van der Waals surface area contributed by atoms with Crippen molar-refractivity contribution in [2.45, 2.75) is 45.1 Å². The number of hydrogen-bond acceptors (Lipinski definition) is 2. The molecule has 1 heterocycles. The third-order valence-corrected chi connectivity index (χ3v) is 2.51. The van der Waals surface area contributed by atoms with Gasteiger partial charge in [-0.2, -0.15) is 0 Å². The van der Waals surface area contributed by atoms with Crippen LogP contribution in [0.2, 0.25) is 0 Å². The fraction of sp³-hybridized carbons (Fsp3) is 0.778. The van der Waals surface area contributed by atoms with Crippen LogP contribution in [0.5, 0.6) is 0 Å². The summed E-state index contributed by atoms with van der Waals surface area (Å²) in [6.45, 7) is 2.17. The van der Waals surface area contributed by atoms with Crippen LogP contribution in [0.4, 0.5) is 0 Å². The second-order valence-corrected chi connectivity index (χ2v) is 3.52. The largest absolute Gasteiger partial charge is 0.249 e. The maximum absolute atomic E-state index is 4.12. The summed E-state index contributed by atoms with van der Waals surface area (Å²) in [5, 5.41) is 8.25. The average Bonchev–Trinajstić information content (AvgIpc) is 2.34. The molecule has 0 aromatic carbocycles. The highest BCUT2D eigenvalue weighted by atomic mass is 15.4. The molecule has 66 valence electrons. The van der Waals surface area contributed by atoms with Gasteiger partial charge in [-0.25, -0.2) is 4.68 Å². The second kappa shape index (κ2) is 3.25. The van der Waals surface area contributed by atoms with Crippen LogP contribution in [0, 0.1) is 0 Å². The van der Waals surface area contributed by atoms with E-state index in [2.05, 4.69) is 23.4 Å². The lowest BCUT2D eigenvalue weighted by Gasteiger charge is -2.24. The van der Waals surface area contributed by atoms with Crippen LogP contribution < -0.4 is 0 Å². The van der Waals surface area contributed by atoms with Crippen LogP contribution >= 0.6 is 0 Å². The summed E-state index contributed by atoms with van der Waals surface area (Å²) >= 11 is 0. The minimum atomic E-state index is 0.656. The van der Waals surface area contributed by atoms with Crippen molar-refractivity contribution in [3.05, 3.63) is 11.9 Å². The van der Waals surface area contributed by atoms with Gasteiger partial charge in [0, 0.05) is 6.20 Å². The minimum absolute atomic E-state index is 0.656. The third kappa shape index (κ3) is 1.36. The lowest BCUT2D eigenvalue weighted by atomic mass is 9.93. The van der Waals surface area contributed by atoms with E-state index in [-0.39, 0.29) is 0 Å². The number of aromatic nitrogens is 3. The summed E-state index contributed by atoms with van der Waals surface area (Å²) in [4.78, 5) is 0. The predicted octanol–water partition coefficient (Wildman–Crippen LogP) is 1.96. The van der Waals surface area contributed by atoms with Gasteiger partial charge < -0.3 is 0 Å². The molecule has 0 saturated heterocycles. The van der Waals surface area contributed by atoms with E-state index in [0.717, 1.165) is 18.5 Å². The Balaban J connectivity index is 2.02. The van der Waals surface area contributed by atoms with E-state index in [1.807, 2.05) is 4.68 Å². The molecule has 1 aromatic heterocycles. The van der Waals surface area contributed by atoms with Crippen LogP contribution in [0.25, 0.3) is 0 Å². The summed E-state index contributed by atoms with van der Waals surface area (Å²) in [7, 11) is 0. The second-order valence-electron chi connectivity index (χ2n) is 3.52. The molecule has 3 nitrogen and oxygen atoms in total. The SMILES string of the molecule is CCCc1cn(C2CCC2)nn1. The zero-order chi connectivity index (χ0) is 8.39. The summed E-state index contributed by atoms with van der Waals surface area (Å²) in [6.07, 6.45) is 8.25. The zero-order valence-electron chi connectivity index (χ0n) is 7.53. The quantitative estimate of drug-likeness (QED) is 0.685. The van der Waals surface area contributed by atoms with Crippen LogP contribution in [0.3, 0.4) is 0 Å². The number of hydrogen-bond donors (Lipinski definition) is 0. The zero-order valence-corrected chi connectivity index (χ0v) is 7.53. The highest BCUT2D eigenvalue weighted by Gasteiger charge is 2.20. The molecule has 2 rings (SSSR count). The van der Waals surface area contributed by atoms with Crippen molar-refractivity contribution in [2.24, 2.45) is 0 Å². The van der Waals surface area contributed by atoms with Crippen molar-refractivity contribution in [1.82, 2.24) is 15.0 Å². The number of aryl methyl sites for hydroxylation is 1. The Morgan fingerprint density at radius 2 is 2.42 bits per heavy atom. The molecule has 0 spiro atoms. The molecule has 0 atom stereocenters. The van der Waals surface area contributed by atoms with Gasteiger partial charge in [-0.15, -0.1) is 5.10 Å². The van der Waals surface area contributed by atoms with Crippen LogP contribution in [0.1, 0.15) is 44.3 Å². The number of nitrogens with zero attached hydrogens (tertiary/aromatic N) is 3. The van der Waals surface area contributed by atoms with Crippen LogP contribution in [-0.4, -0.2) is 15.0 Å². The summed E-state index contributed by atoms with van der Waals surface area (Å²) < 4.78 is 2.04. The Kier molecular flexibility index (Phi) is 2.11. The summed E-state index contributed by atoms with van der Waals surface area (Å²) in [5.41, 5.74) is 1.14. The maximum Gasteiger partial charge on any atom is 0.0827 e. The van der Waals surface area contributed by atoms with Gasteiger partial charge in [0.05, 0.1) is 11.7 Å². The molecule has 0 N–H and O–H groups in total. The van der Waals surface area contributed by atoms with Crippen molar-refractivity contribution in [3.8, 4) is 0 Å². The summed E-state index contributed by atoms with van der Waals surface area (Å²) in [5.74, 6) is 0. The normalized spacial score (nSPS) is 17.8. The molecule has 0 amide bonds.